The fourth-order valence-corrected chi connectivity index (χ4v) is 4.25. The van der Waals surface area contributed by atoms with Crippen LogP contribution < -0.4 is 11.1 Å². The van der Waals surface area contributed by atoms with Crippen LogP contribution in [-0.2, 0) is 20.8 Å². The first-order valence-corrected chi connectivity index (χ1v) is 9.25. The molecule has 8 nitrogen and oxygen atoms in total. The minimum atomic E-state index is -0.616. The van der Waals surface area contributed by atoms with Crippen molar-refractivity contribution in [2.75, 3.05) is 19.7 Å². The number of nitrogens with zero attached hydrogens (tertiary/aromatic N) is 2. The molecule has 3 saturated heterocycles. The van der Waals surface area contributed by atoms with Gasteiger partial charge in [0.25, 0.3) is 0 Å². The molecule has 3 aliphatic heterocycles. The van der Waals surface area contributed by atoms with Gasteiger partial charge in [-0.2, -0.15) is 0 Å². The third-order valence-electron chi connectivity index (χ3n) is 5.73. The lowest BCUT2D eigenvalue weighted by molar-refractivity contribution is -0.186. The third kappa shape index (κ3) is 3.47. The van der Waals surface area contributed by atoms with Crippen LogP contribution in [0.25, 0.3) is 0 Å². The highest BCUT2D eigenvalue weighted by Crippen LogP contribution is 2.33. The Labute approximate surface area is 152 Å². The number of hydrogen-bond donors (Lipinski definition) is 3. The molecule has 0 spiro atoms. The molecule has 4 N–H and O–H groups in total. The van der Waals surface area contributed by atoms with Gasteiger partial charge < -0.3 is 25.6 Å². The third-order valence-corrected chi connectivity index (χ3v) is 5.73. The standard InChI is InChI=1S/C18H26N4O4/c19-17(24)11-4-7-22(8-5-11)15-16(23)14(13-10-25-18(15)26-13)21-9-12-3-1-2-6-20-12/h1-3,6,11,13-16,18,21,23H,4-5,7-10H2,(H2,19,24). The van der Waals surface area contributed by atoms with Crippen LogP contribution in [0.3, 0.4) is 0 Å². The zero-order chi connectivity index (χ0) is 18.1. The van der Waals surface area contributed by atoms with Crippen LogP contribution in [0.2, 0.25) is 0 Å². The molecule has 2 bridgehead atoms. The Kier molecular flexibility index (Phi) is 5.19. The first-order valence-electron chi connectivity index (χ1n) is 9.25. The Hall–Kier alpha value is -1.58. The van der Waals surface area contributed by atoms with Crippen LogP contribution in [0.1, 0.15) is 18.5 Å². The van der Waals surface area contributed by atoms with Crippen molar-refractivity contribution in [2.45, 2.75) is 50.0 Å². The summed E-state index contributed by atoms with van der Waals surface area (Å²) in [5.41, 5.74) is 6.34. The van der Waals surface area contributed by atoms with Gasteiger partial charge in [0.15, 0.2) is 6.29 Å². The Bertz CT molecular complexity index is 623. The van der Waals surface area contributed by atoms with E-state index in [1.165, 1.54) is 0 Å². The molecule has 1 aromatic heterocycles. The molecule has 0 aromatic carbocycles. The second-order valence-corrected chi connectivity index (χ2v) is 7.30. The van der Waals surface area contributed by atoms with Crippen molar-refractivity contribution in [3.8, 4) is 0 Å². The Balaban J connectivity index is 1.42. The van der Waals surface area contributed by atoms with Crippen molar-refractivity contribution >= 4 is 5.91 Å². The summed E-state index contributed by atoms with van der Waals surface area (Å²) in [7, 11) is 0. The maximum atomic E-state index is 11.4. The quantitative estimate of drug-likeness (QED) is 0.630. The molecule has 8 heteroatoms. The number of rotatable bonds is 5. The summed E-state index contributed by atoms with van der Waals surface area (Å²) in [5.74, 6) is -0.319. The van der Waals surface area contributed by atoms with Crippen LogP contribution in [0.5, 0.6) is 0 Å². The number of fused-ring (bicyclic) bond motifs is 2. The number of aliphatic hydroxyl groups is 1. The van der Waals surface area contributed by atoms with E-state index < -0.39 is 12.4 Å². The zero-order valence-corrected chi connectivity index (χ0v) is 14.7. The number of amides is 1. The number of nitrogens with one attached hydrogen (secondary N) is 1. The SMILES string of the molecule is NC(=O)C1CCN(C2C3OCC(O3)C(NCc3ccccn3)C2O)CC1. The van der Waals surface area contributed by atoms with Crippen molar-refractivity contribution in [3.63, 3.8) is 0 Å². The first-order chi connectivity index (χ1) is 12.6. The lowest BCUT2D eigenvalue weighted by Crippen LogP contribution is -2.65. The number of ether oxygens (including phenoxy) is 2. The number of nitrogens with two attached hydrogens (primary N) is 1. The molecule has 0 saturated carbocycles. The molecule has 1 aromatic rings. The van der Waals surface area contributed by atoms with Gasteiger partial charge in [0, 0.05) is 18.7 Å². The number of aliphatic hydroxyl groups excluding tert-OH is 1. The van der Waals surface area contributed by atoms with Gasteiger partial charge in [0.1, 0.15) is 6.10 Å². The van der Waals surface area contributed by atoms with E-state index in [1.54, 1.807) is 6.20 Å². The predicted molar refractivity (Wildman–Crippen MR) is 92.8 cm³/mol. The normalized spacial score (nSPS) is 35.5. The molecule has 5 unspecified atom stereocenters. The van der Waals surface area contributed by atoms with E-state index in [2.05, 4.69) is 15.2 Å². The summed E-state index contributed by atoms with van der Waals surface area (Å²) in [6.07, 6.45) is 1.97. The van der Waals surface area contributed by atoms with E-state index in [0.29, 0.717) is 39.1 Å². The summed E-state index contributed by atoms with van der Waals surface area (Å²) >= 11 is 0. The lowest BCUT2D eigenvalue weighted by Gasteiger charge is -2.45. The van der Waals surface area contributed by atoms with Gasteiger partial charge in [0.2, 0.25) is 5.91 Å². The van der Waals surface area contributed by atoms with Gasteiger partial charge in [-0.25, -0.2) is 0 Å². The van der Waals surface area contributed by atoms with Gasteiger partial charge >= 0.3 is 0 Å². The topological polar surface area (TPSA) is 110 Å². The number of carbonyl (C=O) groups is 1. The largest absolute Gasteiger partial charge is 0.390 e. The Morgan fingerprint density at radius 1 is 1.38 bits per heavy atom. The Morgan fingerprint density at radius 2 is 2.19 bits per heavy atom. The summed E-state index contributed by atoms with van der Waals surface area (Å²) < 4.78 is 11.8. The minimum Gasteiger partial charge on any atom is -0.390 e. The first kappa shape index (κ1) is 17.8. The van der Waals surface area contributed by atoms with Crippen molar-refractivity contribution in [3.05, 3.63) is 30.1 Å². The number of aromatic nitrogens is 1. The van der Waals surface area contributed by atoms with Crippen LogP contribution in [0, 0.1) is 5.92 Å². The molecule has 3 aliphatic rings. The van der Waals surface area contributed by atoms with E-state index in [0.717, 1.165) is 5.69 Å². The highest BCUT2D eigenvalue weighted by molar-refractivity contribution is 5.76. The number of carbonyl (C=O) groups excluding carboxylic acids is 1. The monoisotopic (exact) mass is 362 g/mol. The molecular weight excluding hydrogens is 336 g/mol. The number of pyridine rings is 1. The maximum Gasteiger partial charge on any atom is 0.220 e. The highest BCUT2D eigenvalue weighted by Gasteiger charge is 2.52. The smallest absolute Gasteiger partial charge is 0.220 e. The fraction of sp³-hybridized carbons (Fsp3) is 0.667. The number of likely N-dealkylation sites (tertiary alicyclic amines) is 1. The Morgan fingerprint density at radius 3 is 2.88 bits per heavy atom. The molecule has 3 fully saturated rings. The van der Waals surface area contributed by atoms with Crippen molar-refractivity contribution in [1.29, 1.82) is 0 Å². The van der Waals surface area contributed by atoms with E-state index in [4.69, 9.17) is 15.2 Å². The molecule has 4 rings (SSSR count). The molecule has 4 heterocycles. The van der Waals surface area contributed by atoms with Gasteiger partial charge in [0.05, 0.1) is 30.5 Å². The molecule has 0 radical (unpaired) electrons. The average Bonchev–Trinajstić information content (AvgIpc) is 3.08. The van der Waals surface area contributed by atoms with E-state index in [-0.39, 0.29) is 30.0 Å². The molecule has 0 aliphatic carbocycles. The van der Waals surface area contributed by atoms with Crippen molar-refractivity contribution < 1.29 is 19.4 Å². The van der Waals surface area contributed by atoms with Gasteiger partial charge in [-0.1, -0.05) is 6.07 Å². The fourth-order valence-electron chi connectivity index (χ4n) is 4.25. The van der Waals surface area contributed by atoms with Crippen molar-refractivity contribution in [1.82, 2.24) is 15.2 Å². The maximum absolute atomic E-state index is 11.4. The van der Waals surface area contributed by atoms with E-state index in [9.17, 15) is 9.90 Å². The summed E-state index contributed by atoms with van der Waals surface area (Å²) in [6.45, 7) is 2.44. The summed E-state index contributed by atoms with van der Waals surface area (Å²) in [4.78, 5) is 17.9. The van der Waals surface area contributed by atoms with Gasteiger partial charge in [-0.15, -0.1) is 0 Å². The number of piperidine rings is 1. The number of hydrogen-bond acceptors (Lipinski definition) is 7. The minimum absolute atomic E-state index is 0.0803. The predicted octanol–water partition coefficient (Wildman–Crippen LogP) is -0.778. The average molecular weight is 362 g/mol. The number of primary amides is 1. The highest BCUT2D eigenvalue weighted by atomic mass is 16.7. The zero-order valence-electron chi connectivity index (χ0n) is 14.7. The summed E-state index contributed by atoms with van der Waals surface area (Å²) in [6, 6.07) is 5.29. The molecule has 26 heavy (non-hydrogen) atoms. The van der Waals surface area contributed by atoms with Crippen LogP contribution in [0.4, 0.5) is 0 Å². The van der Waals surface area contributed by atoms with E-state index >= 15 is 0 Å². The second kappa shape index (κ2) is 7.58. The summed E-state index contributed by atoms with van der Waals surface area (Å²) in [5, 5.41) is 14.4. The van der Waals surface area contributed by atoms with Gasteiger partial charge in [-0.05, 0) is 38.1 Å². The van der Waals surface area contributed by atoms with Crippen LogP contribution in [-0.4, -0.2) is 71.2 Å². The molecule has 142 valence electrons. The lowest BCUT2D eigenvalue weighted by atomic mass is 9.90. The van der Waals surface area contributed by atoms with E-state index in [1.807, 2.05) is 18.2 Å². The van der Waals surface area contributed by atoms with Crippen molar-refractivity contribution in [2.24, 2.45) is 11.7 Å². The van der Waals surface area contributed by atoms with Crippen LogP contribution >= 0.6 is 0 Å². The van der Waals surface area contributed by atoms with Crippen LogP contribution in [0.15, 0.2) is 24.4 Å². The van der Waals surface area contributed by atoms with Gasteiger partial charge in [-0.3, -0.25) is 14.7 Å². The molecule has 5 atom stereocenters. The second-order valence-electron chi connectivity index (χ2n) is 7.30. The molecular formula is C18H26N4O4. The molecule has 1 amide bonds.